The van der Waals surface area contributed by atoms with Crippen molar-refractivity contribution in [3.8, 4) is 11.8 Å². The lowest BCUT2D eigenvalue weighted by Crippen LogP contribution is -2.30. The molecule has 1 aromatic carbocycles. The van der Waals surface area contributed by atoms with Crippen molar-refractivity contribution < 1.29 is 13.9 Å². The second kappa shape index (κ2) is 6.61. The summed E-state index contributed by atoms with van der Waals surface area (Å²) in [5, 5.41) is 12.2. The van der Waals surface area contributed by atoms with Gasteiger partial charge in [0, 0.05) is 5.56 Å². The Kier molecular flexibility index (Phi) is 4.35. The number of benzene rings is 1. The van der Waals surface area contributed by atoms with Gasteiger partial charge < -0.3 is 14.5 Å². The monoisotopic (exact) mass is 336 g/mol. The highest BCUT2D eigenvalue weighted by atomic mass is 16.5. The van der Waals surface area contributed by atoms with Gasteiger partial charge in [0.05, 0.1) is 17.0 Å². The number of ether oxygens (including phenoxy) is 1. The van der Waals surface area contributed by atoms with Crippen molar-refractivity contribution in [2.24, 2.45) is 0 Å². The van der Waals surface area contributed by atoms with E-state index in [4.69, 9.17) is 14.4 Å². The first-order chi connectivity index (χ1) is 12.0. The summed E-state index contributed by atoms with van der Waals surface area (Å²) in [6.45, 7) is 5.36. The van der Waals surface area contributed by atoms with Crippen LogP contribution in [0.2, 0.25) is 0 Å². The minimum atomic E-state index is -0.744. The summed E-state index contributed by atoms with van der Waals surface area (Å²) in [4.78, 5) is 20.6. The number of anilines is 1. The first kappa shape index (κ1) is 16.5. The van der Waals surface area contributed by atoms with Crippen LogP contribution in [0.4, 0.5) is 5.82 Å². The summed E-state index contributed by atoms with van der Waals surface area (Å²) >= 11 is 0. The lowest BCUT2D eigenvalue weighted by molar-refractivity contribution is -0.122. The van der Waals surface area contributed by atoms with Gasteiger partial charge in [0.25, 0.3) is 5.91 Å². The molecule has 2 heterocycles. The number of rotatable bonds is 4. The fraction of sp³-hybridized carbons (Fsp3) is 0.222. The van der Waals surface area contributed by atoms with Crippen molar-refractivity contribution in [3.63, 3.8) is 0 Å². The minimum absolute atomic E-state index is 0.345. The molecule has 126 valence electrons. The topological polar surface area (TPSA) is 101 Å². The van der Waals surface area contributed by atoms with Crippen LogP contribution in [0.25, 0.3) is 11.1 Å². The standard InChI is InChI=1S/C18H16N4O3/c1-10-11(2)25-18-15(10)16(20-9-21-18)22-17(23)12(3)24-14-6-4-13(8-19)5-7-14/h4-7,9,12H,1-3H3,(H,20,21,22,23). The molecule has 0 saturated heterocycles. The number of aryl methyl sites for hydroxylation is 2. The summed E-state index contributed by atoms with van der Waals surface area (Å²) < 4.78 is 11.1. The largest absolute Gasteiger partial charge is 0.481 e. The van der Waals surface area contributed by atoms with Crippen molar-refractivity contribution in [3.05, 3.63) is 47.5 Å². The Balaban J connectivity index is 1.76. The van der Waals surface area contributed by atoms with Crippen LogP contribution < -0.4 is 10.1 Å². The maximum Gasteiger partial charge on any atom is 0.266 e. The Labute approximate surface area is 144 Å². The second-order valence-corrected chi connectivity index (χ2v) is 5.57. The van der Waals surface area contributed by atoms with Crippen LogP contribution in [0.3, 0.4) is 0 Å². The highest BCUT2D eigenvalue weighted by Gasteiger charge is 2.19. The van der Waals surface area contributed by atoms with Crippen LogP contribution in [-0.4, -0.2) is 22.0 Å². The number of amides is 1. The molecule has 0 aliphatic heterocycles. The van der Waals surface area contributed by atoms with E-state index in [9.17, 15) is 4.79 Å². The lowest BCUT2D eigenvalue weighted by atomic mass is 10.2. The van der Waals surface area contributed by atoms with Gasteiger partial charge in [-0.1, -0.05) is 0 Å². The van der Waals surface area contributed by atoms with E-state index >= 15 is 0 Å². The Morgan fingerprint density at radius 3 is 2.68 bits per heavy atom. The number of fused-ring (bicyclic) bond motifs is 1. The quantitative estimate of drug-likeness (QED) is 0.785. The summed E-state index contributed by atoms with van der Waals surface area (Å²) in [6.07, 6.45) is 0.596. The molecule has 0 aliphatic rings. The van der Waals surface area contributed by atoms with Crippen LogP contribution >= 0.6 is 0 Å². The lowest BCUT2D eigenvalue weighted by Gasteiger charge is -2.14. The molecule has 0 bridgehead atoms. The van der Waals surface area contributed by atoms with Crippen molar-refractivity contribution in [2.75, 3.05) is 5.32 Å². The van der Waals surface area contributed by atoms with Gasteiger partial charge in [0.1, 0.15) is 23.7 Å². The van der Waals surface area contributed by atoms with Crippen LogP contribution in [0.15, 0.2) is 35.0 Å². The highest BCUT2D eigenvalue weighted by molar-refractivity contribution is 6.01. The maximum atomic E-state index is 12.4. The van der Waals surface area contributed by atoms with Gasteiger partial charge in [-0.15, -0.1) is 0 Å². The zero-order chi connectivity index (χ0) is 18.0. The molecule has 3 rings (SSSR count). The van der Waals surface area contributed by atoms with E-state index in [0.717, 1.165) is 11.3 Å². The first-order valence-corrected chi connectivity index (χ1v) is 7.68. The Bertz CT molecular complexity index is 970. The third kappa shape index (κ3) is 3.28. The Morgan fingerprint density at radius 1 is 1.28 bits per heavy atom. The van der Waals surface area contributed by atoms with Crippen LogP contribution in [-0.2, 0) is 4.79 Å². The third-order valence-electron chi connectivity index (χ3n) is 3.87. The molecule has 7 nitrogen and oxygen atoms in total. The van der Waals surface area contributed by atoms with Gasteiger partial charge in [-0.2, -0.15) is 5.26 Å². The van der Waals surface area contributed by atoms with E-state index in [2.05, 4.69) is 15.3 Å². The van der Waals surface area contributed by atoms with Gasteiger partial charge in [-0.05, 0) is 45.0 Å². The highest BCUT2D eigenvalue weighted by Crippen LogP contribution is 2.28. The van der Waals surface area contributed by atoms with Gasteiger partial charge in [-0.3, -0.25) is 4.79 Å². The summed E-state index contributed by atoms with van der Waals surface area (Å²) in [6, 6.07) is 8.59. The molecule has 0 spiro atoms. The minimum Gasteiger partial charge on any atom is -0.481 e. The summed E-state index contributed by atoms with van der Waals surface area (Å²) in [5.41, 5.74) is 1.84. The van der Waals surface area contributed by atoms with Gasteiger partial charge >= 0.3 is 0 Å². The third-order valence-corrected chi connectivity index (χ3v) is 3.87. The first-order valence-electron chi connectivity index (χ1n) is 7.68. The number of carbonyl (C=O) groups is 1. The van der Waals surface area contributed by atoms with Crippen molar-refractivity contribution in [2.45, 2.75) is 26.9 Å². The number of carbonyl (C=O) groups excluding carboxylic acids is 1. The molecule has 0 fully saturated rings. The van der Waals surface area contributed by atoms with Gasteiger partial charge in [0.15, 0.2) is 6.10 Å². The van der Waals surface area contributed by atoms with Crippen molar-refractivity contribution in [1.82, 2.24) is 9.97 Å². The van der Waals surface area contributed by atoms with E-state index in [-0.39, 0.29) is 5.91 Å². The normalized spacial score (nSPS) is 11.8. The molecule has 25 heavy (non-hydrogen) atoms. The molecule has 0 saturated carbocycles. The molecule has 1 atom stereocenters. The molecule has 3 aromatic rings. The van der Waals surface area contributed by atoms with E-state index < -0.39 is 6.10 Å². The maximum absolute atomic E-state index is 12.4. The number of nitriles is 1. The molecule has 7 heteroatoms. The molecule has 2 aromatic heterocycles. The van der Waals surface area contributed by atoms with E-state index in [0.29, 0.717) is 28.2 Å². The molecule has 0 radical (unpaired) electrons. The summed E-state index contributed by atoms with van der Waals surface area (Å²) in [7, 11) is 0. The molecule has 1 unspecified atom stereocenters. The van der Waals surface area contributed by atoms with E-state index in [1.807, 2.05) is 19.9 Å². The van der Waals surface area contributed by atoms with Crippen molar-refractivity contribution in [1.29, 1.82) is 5.26 Å². The molecular formula is C18H16N4O3. The molecular weight excluding hydrogens is 320 g/mol. The van der Waals surface area contributed by atoms with E-state index in [1.54, 1.807) is 31.2 Å². The van der Waals surface area contributed by atoms with Gasteiger partial charge in [0.2, 0.25) is 5.71 Å². The van der Waals surface area contributed by atoms with Crippen LogP contribution in [0, 0.1) is 25.2 Å². The molecule has 1 N–H and O–H groups in total. The molecule has 1 amide bonds. The smallest absolute Gasteiger partial charge is 0.266 e. The van der Waals surface area contributed by atoms with Crippen molar-refractivity contribution >= 4 is 22.8 Å². The number of hydrogen-bond donors (Lipinski definition) is 1. The summed E-state index contributed by atoms with van der Waals surface area (Å²) in [5.74, 6) is 1.28. The van der Waals surface area contributed by atoms with Crippen LogP contribution in [0.1, 0.15) is 23.8 Å². The average molecular weight is 336 g/mol. The number of nitrogens with zero attached hydrogens (tertiary/aromatic N) is 3. The number of furan rings is 1. The Hall–Kier alpha value is -3.40. The average Bonchev–Trinajstić information content (AvgIpc) is 2.90. The number of hydrogen-bond acceptors (Lipinski definition) is 6. The molecule has 0 aliphatic carbocycles. The zero-order valence-electron chi connectivity index (χ0n) is 14.0. The second-order valence-electron chi connectivity index (χ2n) is 5.57. The van der Waals surface area contributed by atoms with Crippen LogP contribution in [0.5, 0.6) is 5.75 Å². The fourth-order valence-corrected chi connectivity index (χ4v) is 2.36. The predicted octanol–water partition coefficient (Wildman–Crippen LogP) is 3.12. The number of nitrogens with one attached hydrogen (secondary N) is 1. The zero-order valence-corrected chi connectivity index (χ0v) is 14.0. The van der Waals surface area contributed by atoms with Gasteiger partial charge in [-0.25, -0.2) is 9.97 Å². The predicted molar refractivity (Wildman–Crippen MR) is 91.2 cm³/mol. The Morgan fingerprint density at radius 2 is 2.00 bits per heavy atom. The van der Waals surface area contributed by atoms with E-state index in [1.165, 1.54) is 6.33 Å². The SMILES string of the molecule is Cc1oc2ncnc(NC(=O)C(C)Oc3ccc(C#N)cc3)c2c1C. The number of aromatic nitrogens is 2. The fourth-order valence-electron chi connectivity index (χ4n) is 2.36.